The van der Waals surface area contributed by atoms with E-state index in [1.165, 1.54) is 7.11 Å². The summed E-state index contributed by atoms with van der Waals surface area (Å²) in [7, 11) is 1.44. The monoisotopic (exact) mass is 251 g/mol. The summed E-state index contributed by atoms with van der Waals surface area (Å²) in [6.07, 6.45) is 0. The van der Waals surface area contributed by atoms with E-state index >= 15 is 0 Å². The second-order valence-corrected chi connectivity index (χ2v) is 3.84. The predicted molar refractivity (Wildman–Crippen MR) is 69.2 cm³/mol. The zero-order chi connectivity index (χ0) is 13.5. The normalized spacial score (nSPS) is 11.7. The van der Waals surface area contributed by atoms with Gasteiger partial charge in [-0.05, 0) is 25.1 Å². The highest BCUT2D eigenvalue weighted by Gasteiger charge is 2.08. The van der Waals surface area contributed by atoms with Crippen LogP contribution in [-0.2, 0) is 14.3 Å². The third-order valence-corrected chi connectivity index (χ3v) is 2.10. The molecule has 2 amide bonds. The van der Waals surface area contributed by atoms with Gasteiger partial charge in [-0.2, -0.15) is 0 Å². The number of methoxy groups -OCH3 is 1. The van der Waals surface area contributed by atoms with Crippen LogP contribution in [0.25, 0.3) is 0 Å². The van der Waals surface area contributed by atoms with Gasteiger partial charge >= 0.3 is 0 Å². The predicted octanol–water partition coefficient (Wildman–Crippen LogP) is 0.557. The van der Waals surface area contributed by atoms with Crippen molar-refractivity contribution >= 4 is 23.2 Å². The number of nitrogens with one attached hydrogen (secondary N) is 2. The Morgan fingerprint density at radius 2 is 1.94 bits per heavy atom. The summed E-state index contributed by atoms with van der Waals surface area (Å²) in [6, 6.07) is 6.21. The molecule has 0 bridgehead atoms. The number of carbonyl (C=O) groups is 2. The van der Waals surface area contributed by atoms with E-state index in [9.17, 15) is 9.59 Å². The molecule has 0 aliphatic heterocycles. The molecule has 0 aromatic heterocycles. The molecule has 1 aromatic carbocycles. The lowest BCUT2D eigenvalue weighted by Gasteiger charge is -2.10. The van der Waals surface area contributed by atoms with Crippen molar-refractivity contribution in [2.45, 2.75) is 13.0 Å². The molecule has 1 aromatic rings. The van der Waals surface area contributed by atoms with Gasteiger partial charge in [0.05, 0.1) is 6.04 Å². The third-order valence-electron chi connectivity index (χ3n) is 2.10. The summed E-state index contributed by atoms with van der Waals surface area (Å²) in [5, 5.41) is 5.28. The second-order valence-electron chi connectivity index (χ2n) is 3.84. The quantitative estimate of drug-likeness (QED) is 0.712. The first-order valence-corrected chi connectivity index (χ1v) is 5.48. The molecule has 0 saturated heterocycles. The SMILES string of the molecule is COCC(=O)Nc1cccc(NC(=O)C(C)N)c1. The van der Waals surface area contributed by atoms with Gasteiger partial charge in [0.15, 0.2) is 0 Å². The highest BCUT2D eigenvalue weighted by molar-refractivity contribution is 5.96. The minimum atomic E-state index is -0.586. The fourth-order valence-corrected chi connectivity index (χ4v) is 1.26. The summed E-state index contributed by atoms with van der Waals surface area (Å²) < 4.78 is 4.70. The number of anilines is 2. The standard InChI is InChI=1S/C12H17N3O3/c1-8(13)12(17)15-10-5-3-4-9(6-10)14-11(16)7-18-2/h3-6,8H,7,13H2,1-2H3,(H,14,16)(H,15,17). The Morgan fingerprint density at radius 1 is 1.33 bits per heavy atom. The maximum absolute atomic E-state index is 11.4. The van der Waals surface area contributed by atoms with Crippen molar-refractivity contribution in [1.29, 1.82) is 0 Å². The molecule has 0 aliphatic rings. The molecular formula is C12H17N3O3. The lowest BCUT2D eigenvalue weighted by molar-refractivity contribution is -0.119. The molecule has 0 aliphatic carbocycles. The number of carbonyl (C=O) groups excluding carboxylic acids is 2. The third kappa shape index (κ3) is 4.52. The van der Waals surface area contributed by atoms with Crippen LogP contribution in [0.5, 0.6) is 0 Å². The number of nitrogens with two attached hydrogens (primary N) is 1. The smallest absolute Gasteiger partial charge is 0.250 e. The Balaban J connectivity index is 2.67. The lowest BCUT2D eigenvalue weighted by atomic mass is 10.2. The maximum Gasteiger partial charge on any atom is 0.250 e. The largest absolute Gasteiger partial charge is 0.375 e. The van der Waals surface area contributed by atoms with Gasteiger partial charge in [0, 0.05) is 18.5 Å². The molecule has 6 heteroatoms. The summed E-state index contributed by atoms with van der Waals surface area (Å²) in [5.74, 6) is -0.538. The molecular weight excluding hydrogens is 234 g/mol. The zero-order valence-electron chi connectivity index (χ0n) is 10.4. The Kier molecular flexibility index (Phi) is 5.29. The van der Waals surface area contributed by atoms with E-state index in [4.69, 9.17) is 10.5 Å². The molecule has 0 spiro atoms. The Bertz CT molecular complexity index is 432. The fraction of sp³-hybridized carbons (Fsp3) is 0.333. The van der Waals surface area contributed by atoms with Crippen LogP contribution < -0.4 is 16.4 Å². The van der Waals surface area contributed by atoms with Crippen molar-refractivity contribution in [1.82, 2.24) is 0 Å². The van der Waals surface area contributed by atoms with Gasteiger partial charge in [-0.1, -0.05) is 6.07 Å². The Hall–Kier alpha value is -1.92. The topological polar surface area (TPSA) is 93.5 Å². The van der Waals surface area contributed by atoms with Crippen LogP contribution in [0, 0.1) is 0 Å². The molecule has 98 valence electrons. The molecule has 0 saturated carbocycles. The van der Waals surface area contributed by atoms with Crippen LogP contribution >= 0.6 is 0 Å². The Labute approximate surface area is 105 Å². The number of hydrogen-bond acceptors (Lipinski definition) is 4. The number of ether oxygens (including phenoxy) is 1. The van der Waals surface area contributed by atoms with Gasteiger partial charge in [-0.3, -0.25) is 9.59 Å². The molecule has 6 nitrogen and oxygen atoms in total. The molecule has 1 atom stereocenters. The Morgan fingerprint density at radius 3 is 2.50 bits per heavy atom. The molecule has 0 fully saturated rings. The van der Waals surface area contributed by atoms with Crippen molar-refractivity contribution in [3.05, 3.63) is 24.3 Å². The average molecular weight is 251 g/mol. The number of benzene rings is 1. The minimum Gasteiger partial charge on any atom is -0.375 e. The summed E-state index contributed by atoms with van der Waals surface area (Å²) in [4.78, 5) is 22.7. The van der Waals surface area contributed by atoms with E-state index in [1.807, 2.05) is 0 Å². The second kappa shape index (κ2) is 6.73. The molecule has 1 unspecified atom stereocenters. The average Bonchev–Trinajstić information content (AvgIpc) is 2.29. The van der Waals surface area contributed by atoms with E-state index in [1.54, 1.807) is 31.2 Å². The highest BCUT2D eigenvalue weighted by atomic mass is 16.5. The van der Waals surface area contributed by atoms with Crippen LogP contribution in [0.3, 0.4) is 0 Å². The van der Waals surface area contributed by atoms with Crippen LogP contribution in [0.4, 0.5) is 11.4 Å². The van der Waals surface area contributed by atoms with Crippen molar-refractivity contribution in [2.24, 2.45) is 5.73 Å². The number of amides is 2. The van der Waals surface area contributed by atoms with E-state index in [0.717, 1.165) is 0 Å². The molecule has 0 radical (unpaired) electrons. The summed E-state index contributed by atoms with van der Waals surface area (Å²) in [6.45, 7) is 1.58. The van der Waals surface area contributed by atoms with E-state index < -0.39 is 6.04 Å². The molecule has 1 rings (SSSR count). The first-order valence-electron chi connectivity index (χ1n) is 5.48. The summed E-state index contributed by atoms with van der Waals surface area (Å²) >= 11 is 0. The van der Waals surface area contributed by atoms with Gasteiger partial charge in [-0.15, -0.1) is 0 Å². The minimum absolute atomic E-state index is 0.0174. The van der Waals surface area contributed by atoms with Crippen molar-refractivity contribution in [3.63, 3.8) is 0 Å². The first-order chi connectivity index (χ1) is 8.52. The number of rotatable bonds is 5. The fourth-order valence-electron chi connectivity index (χ4n) is 1.26. The maximum atomic E-state index is 11.4. The van der Waals surface area contributed by atoms with Crippen LogP contribution in [-0.4, -0.2) is 31.6 Å². The van der Waals surface area contributed by atoms with E-state index in [-0.39, 0.29) is 18.4 Å². The van der Waals surface area contributed by atoms with Gasteiger partial charge in [0.25, 0.3) is 0 Å². The first kappa shape index (κ1) is 14.1. The van der Waals surface area contributed by atoms with Crippen molar-refractivity contribution < 1.29 is 14.3 Å². The highest BCUT2D eigenvalue weighted by Crippen LogP contribution is 2.15. The van der Waals surface area contributed by atoms with Crippen molar-refractivity contribution in [2.75, 3.05) is 24.4 Å². The van der Waals surface area contributed by atoms with Crippen LogP contribution in [0.1, 0.15) is 6.92 Å². The molecule has 0 heterocycles. The van der Waals surface area contributed by atoms with Crippen LogP contribution in [0.15, 0.2) is 24.3 Å². The van der Waals surface area contributed by atoms with Crippen molar-refractivity contribution in [3.8, 4) is 0 Å². The van der Waals surface area contributed by atoms with Gasteiger partial charge in [-0.25, -0.2) is 0 Å². The van der Waals surface area contributed by atoms with E-state index in [2.05, 4.69) is 10.6 Å². The number of hydrogen-bond donors (Lipinski definition) is 3. The molecule has 4 N–H and O–H groups in total. The van der Waals surface area contributed by atoms with E-state index in [0.29, 0.717) is 11.4 Å². The van der Waals surface area contributed by atoms with Crippen LogP contribution in [0.2, 0.25) is 0 Å². The van der Waals surface area contributed by atoms with Gasteiger partial charge < -0.3 is 21.1 Å². The molecule has 18 heavy (non-hydrogen) atoms. The van der Waals surface area contributed by atoms with Gasteiger partial charge in [0.2, 0.25) is 11.8 Å². The van der Waals surface area contributed by atoms with Gasteiger partial charge in [0.1, 0.15) is 6.61 Å². The zero-order valence-corrected chi connectivity index (χ0v) is 10.4. The lowest BCUT2D eigenvalue weighted by Crippen LogP contribution is -2.32. The summed E-state index contributed by atoms with van der Waals surface area (Å²) in [5.41, 5.74) is 6.60.